The Labute approximate surface area is 112 Å². The maximum absolute atomic E-state index is 12.3. The second kappa shape index (κ2) is 4.57. The molecule has 1 aliphatic heterocycles. The minimum Gasteiger partial charge on any atom is -0.479 e. The molecule has 5 heteroatoms. The number of aromatic nitrogens is 1. The van der Waals surface area contributed by atoms with Gasteiger partial charge in [0.05, 0.1) is 5.56 Å². The molecule has 0 aliphatic carbocycles. The van der Waals surface area contributed by atoms with Gasteiger partial charge in [0.2, 0.25) is 0 Å². The Morgan fingerprint density at radius 3 is 2.58 bits per heavy atom. The van der Waals surface area contributed by atoms with Crippen LogP contribution in [0.5, 0.6) is 0 Å². The topological polar surface area (TPSA) is 62.5 Å². The number of carboxylic acid groups (broad SMARTS) is 1. The van der Waals surface area contributed by atoms with Crippen molar-refractivity contribution in [2.75, 3.05) is 6.54 Å². The number of hydrogen-bond acceptors (Lipinski definition) is 2. The highest BCUT2D eigenvalue weighted by molar-refractivity contribution is 5.97. The molecule has 0 radical (unpaired) electrons. The summed E-state index contributed by atoms with van der Waals surface area (Å²) in [5.41, 5.74) is 0.415. The third-order valence-electron chi connectivity index (χ3n) is 3.18. The van der Waals surface area contributed by atoms with Gasteiger partial charge in [0.15, 0.2) is 0 Å². The van der Waals surface area contributed by atoms with Crippen LogP contribution in [0.2, 0.25) is 0 Å². The minimum atomic E-state index is -1.00. The van der Waals surface area contributed by atoms with Gasteiger partial charge in [-0.15, -0.1) is 0 Å². The molecule has 0 saturated heterocycles. The van der Waals surface area contributed by atoms with Crippen molar-refractivity contribution in [1.82, 2.24) is 9.47 Å². The van der Waals surface area contributed by atoms with Crippen LogP contribution in [0.1, 0.15) is 31.1 Å². The zero-order chi connectivity index (χ0) is 14.2. The maximum atomic E-state index is 12.3. The molecule has 19 heavy (non-hydrogen) atoms. The SMILES string of the molecule is CC(C)(C)n1ccc(C(=O)N2CC=C[C@H]2C(=O)O)c1. The summed E-state index contributed by atoms with van der Waals surface area (Å²) in [5.74, 6) is -1.25. The van der Waals surface area contributed by atoms with Crippen molar-refractivity contribution in [3.05, 3.63) is 36.2 Å². The molecule has 1 atom stereocenters. The number of nitrogens with zero attached hydrogens (tertiary/aromatic N) is 2. The fourth-order valence-electron chi connectivity index (χ4n) is 2.05. The molecule has 1 aromatic heterocycles. The first-order chi connectivity index (χ1) is 8.80. The first-order valence-corrected chi connectivity index (χ1v) is 6.19. The monoisotopic (exact) mass is 262 g/mol. The van der Waals surface area contributed by atoms with Gasteiger partial charge in [-0.2, -0.15) is 0 Å². The lowest BCUT2D eigenvalue weighted by Crippen LogP contribution is -2.40. The molecule has 0 spiro atoms. The van der Waals surface area contributed by atoms with Crippen molar-refractivity contribution < 1.29 is 14.7 Å². The van der Waals surface area contributed by atoms with E-state index in [1.54, 1.807) is 24.4 Å². The number of carbonyl (C=O) groups is 2. The third kappa shape index (κ3) is 2.54. The summed E-state index contributed by atoms with van der Waals surface area (Å²) in [7, 11) is 0. The van der Waals surface area contributed by atoms with Crippen molar-refractivity contribution in [3.8, 4) is 0 Å². The van der Waals surface area contributed by atoms with Gasteiger partial charge < -0.3 is 14.6 Å². The molecule has 0 aromatic carbocycles. The van der Waals surface area contributed by atoms with Crippen molar-refractivity contribution in [1.29, 1.82) is 0 Å². The summed E-state index contributed by atoms with van der Waals surface area (Å²) in [6.07, 6.45) is 6.85. The molecule has 2 heterocycles. The normalized spacial score (nSPS) is 18.9. The van der Waals surface area contributed by atoms with Gasteiger partial charge in [-0.05, 0) is 26.8 Å². The highest BCUT2D eigenvalue weighted by Crippen LogP contribution is 2.19. The Morgan fingerprint density at radius 2 is 2.05 bits per heavy atom. The van der Waals surface area contributed by atoms with Gasteiger partial charge >= 0.3 is 5.97 Å². The van der Waals surface area contributed by atoms with E-state index >= 15 is 0 Å². The van der Waals surface area contributed by atoms with Crippen LogP contribution in [0.4, 0.5) is 0 Å². The van der Waals surface area contributed by atoms with Crippen molar-refractivity contribution >= 4 is 11.9 Å². The second-order valence-corrected chi connectivity index (χ2v) is 5.65. The Kier molecular flexibility index (Phi) is 3.22. The van der Waals surface area contributed by atoms with E-state index in [-0.39, 0.29) is 11.4 Å². The summed E-state index contributed by atoms with van der Waals surface area (Å²) in [6.45, 7) is 6.46. The van der Waals surface area contributed by atoms with Crippen LogP contribution >= 0.6 is 0 Å². The smallest absolute Gasteiger partial charge is 0.330 e. The van der Waals surface area contributed by atoms with E-state index in [0.29, 0.717) is 12.1 Å². The second-order valence-electron chi connectivity index (χ2n) is 5.65. The summed E-state index contributed by atoms with van der Waals surface area (Å²) in [4.78, 5) is 24.7. The maximum Gasteiger partial charge on any atom is 0.330 e. The Balaban J connectivity index is 2.21. The minimum absolute atomic E-state index is 0.103. The molecule has 1 N–H and O–H groups in total. The van der Waals surface area contributed by atoms with E-state index in [2.05, 4.69) is 0 Å². The Hall–Kier alpha value is -2.04. The molecular weight excluding hydrogens is 244 g/mol. The number of amides is 1. The summed E-state index contributed by atoms with van der Waals surface area (Å²) in [6, 6.07) is 0.871. The fourth-order valence-corrected chi connectivity index (χ4v) is 2.05. The van der Waals surface area contributed by atoms with E-state index in [4.69, 9.17) is 5.11 Å². The largest absolute Gasteiger partial charge is 0.479 e. The van der Waals surface area contributed by atoms with E-state index in [9.17, 15) is 9.59 Å². The van der Waals surface area contributed by atoms with Crippen LogP contribution in [-0.2, 0) is 10.3 Å². The predicted molar refractivity (Wildman–Crippen MR) is 71.0 cm³/mol. The van der Waals surface area contributed by atoms with Gasteiger partial charge in [0.25, 0.3) is 5.91 Å². The average molecular weight is 262 g/mol. The van der Waals surface area contributed by atoms with Crippen LogP contribution in [0.15, 0.2) is 30.6 Å². The summed E-state index contributed by atoms with van der Waals surface area (Å²) in [5, 5.41) is 9.06. The van der Waals surface area contributed by atoms with Crippen molar-refractivity contribution in [2.45, 2.75) is 32.4 Å². The lowest BCUT2D eigenvalue weighted by Gasteiger charge is -2.22. The zero-order valence-electron chi connectivity index (χ0n) is 11.3. The molecule has 1 aromatic rings. The summed E-state index contributed by atoms with van der Waals surface area (Å²) < 4.78 is 1.94. The van der Waals surface area contributed by atoms with E-state index < -0.39 is 12.0 Å². The van der Waals surface area contributed by atoms with E-state index in [1.165, 1.54) is 4.90 Å². The van der Waals surface area contributed by atoms with Crippen LogP contribution < -0.4 is 0 Å². The zero-order valence-corrected chi connectivity index (χ0v) is 11.3. The molecule has 2 rings (SSSR count). The summed E-state index contributed by atoms with van der Waals surface area (Å²) >= 11 is 0. The van der Waals surface area contributed by atoms with Gasteiger partial charge in [0.1, 0.15) is 6.04 Å². The molecule has 0 saturated carbocycles. The molecule has 5 nitrogen and oxygen atoms in total. The first kappa shape index (κ1) is 13.4. The van der Waals surface area contributed by atoms with E-state index in [1.807, 2.05) is 31.5 Å². The van der Waals surface area contributed by atoms with Crippen LogP contribution in [0, 0.1) is 0 Å². The Bertz CT molecular complexity index is 537. The quantitative estimate of drug-likeness (QED) is 0.825. The first-order valence-electron chi connectivity index (χ1n) is 6.19. The number of rotatable bonds is 2. The molecule has 0 unspecified atom stereocenters. The highest BCUT2D eigenvalue weighted by atomic mass is 16.4. The van der Waals surface area contributed by atoms with E-state index in [0.717, 1.165) is 0 Å². The highest BCUT2D eigenvalue weighted by Gasteiger charge is 2.31. The lowest BCUT2D eigenvalue weighted by atomic mass is 10.1. The van der Waals surface area contributed by atoms with Crippen molar-refractivity contribution in [3.63, 3.8) is 0 Å². The van der Waals surface area contributed by atoms with Crippen LogP contribution in [0.25, 0.3) is 0 Å². The molecule has 0 fully saturated rings. The molecule has 1 aliphatic rings. The average Bonchev–Trinajstić information content (AvgIpc) is 2.96. The van der Waals surface area contributed by atoms with Crippen molar-refractivity contribution in [2.24, 2.45) is 0 Å². The van der Waals surface area contributed by atoms with Gasteiger partial charge in [0, 0.05) is 24.5 Å². The fraction of sp³-hybridized carbons (Fsp3) is 0.429. The molecule has 1 amide bonds. The van der Waals surface area contributed by atoms with Crippen LogP contribution in [-0.4, -0.2) is 39.0 Å². The predicted octanol–water partition coefficient (Wildman–Crippen LogP) is 1.71. The Morgan fingerprint density at radius 1 is 1.37 bits per heavy atom. The third-order valence-corrected chi connectivity index (χ3v) is 3.18. The number of carbonyl (C=O) groups excluding carboxylic acids is 1. The molecule has 0 bridgehead atoms. The van der Waals surface area contributed by atoms with Gasteiger partial charge in [-0.25, -0.2) is 4.79 Å². The molecule has 102 valence electrons. The number of hydrogen-bond donors (Lipinski definition) is 1. The standard InChI is InChI=1S/C14H18N2O3/c1-14(2,3)15-8-6-10(9-15)12(17)16-7-4-5-11(16)13(18)19/h4-6,8-9,11H,7H2,1-3H3,(H,18,19)/t11-/m0/s1. The lowest BCUT2D eigenvalue weighted by molar-refractivity contribution is -0.140. The number of aliphatic carboxylic acids is 1. The van der Waals surface area contributed by atoms with Gasteiger partial charge in [-0.1, -0.05) is 12.2 Å². The van der Waals surface area contributed by atoms with Gasteiger partial charge in [-0.3, -0.25) is 4.79 Å². The number of carboxylic acids is 1. The molecular formula is C14H18N2O3. The van der Waals surface area contributed by atoms with Crippen LogP contribution in [0.3, 0.4) is 0 Å².